The largest absolute Gasteiger partial charge is 0.508 e. The van der Waals surface area contributed by atoms with Gasteiger partial charge in [0.15, 0.2) is 0 Å². The van der Waals surface area contributed by atoms with Crippen molar-refractivity contribution in [1.29, 1.82) is 0 Å². The van der Waals surface area contributed by atoms with Gasteiger partial charge in [0, 0.05) is 23.5 Å². The van der Waals surface area contributed by atoms with Crippen molar-refractivity contribution in [2.45, 2.75) is 26.3 Å². The molecule has 96 valence electrons. The molecule has 4 nitrogen and oxygen atoms in total. The fourth-order valence-electron chi connectivity index (χ4n) is 1.93. The second kappa shape index (κ2) is 5.12. The first-order valence-corrected chi connectivity index (χ1v) is 6.07. The predicted octanol–water partition coefficient (Wildman–Crippen LogP) is 2.86. The Labute approximate surface area is 106 Å². The summed E-state index contributed by atoms with van der Waals surface area (Å²) < 4.78 is 7.18. The molecule has 0 amide bonds. The van der Waals surface area contributed by atoms with Gasteiger partial charge in [0.05, 0.1) is 6.04 Å². The van der Waals surface area contributed by atoms with E-state index in [0.717, 1.165) is 10.9 Å². The highest BCUT2D eigenvalue weighted by Crippen LogP contribution is 2.24. The summed E-state index contributed by atoms with van der Waals surface area (Å²) in [6.45, 7) is 4.13. The number of nitrogens with zero attached hydrogens (tertiary/aromatic N) is 1. The number of phenolic OH excluding ortho intramolecular Hbond substituents is 1. The maximum absolute atomic E-state index is 11.1. The monoisotopic (exact) mass is 247 g/mol. The van der Waals surface area contributed by atoms with E-state index in [-0.39, 0.29) is 17.8 Å². The maximum atomic E-state index is 11.1. The van der Waals surface area contributed by atoms with E-state index in [2.05, 4.69) is 0 Å². The van der Waals surface area contributed by atoms with Gasteiger partial charge in [0.25, 0.3) is 0 Å². The van der Waals surface area contributed by atoms with Crippen molar-refractivity contribution in [3.8, 4) is 5.75 Å². The number of hydrogen-bond donors (Lipinski definition) is 1. The van der Waals surface area contributed by atoms with Crippen LogP contribution in [0.15, 0.2) is 30.5 Å². The number of esters is 1. The van der Waals surface area contributed by atoms with Crippen LogP contribution in [0.3, 0.4) is 0 Å². The van der Waals surface area contributed by atoms with Crippen molar-refractivity contribution < 1.29 is 14.6 Å². The zero-order chi connectivity index (χ0) is 13.1. The molecular formula is C14H17NO3. The minimum atomic E-state index is -0.184. The van der Waals surface area contributed by atoms with Crippen molar-refractivity contribution in [3.05, 3.63) is 30.5 Å². The predicted molar refractivity (Wildman–Crippen MR) is 69.6 cm³/mol. The lowest BCUT2D eigenvalue weighted by Gasteiger charge is -2.15. The van der Waals surface area contributed by atoms with Crippen molar-refractivity contribution >= 4 is 16.9 Å². The number of ether oxygens (including phenoxy) is 1. The lowest BCUT2D eigenvalue weighted by Crippen LogP contribution is -2.14. The third kappa shape index (κ3) is 2.47. The minimum absolute atomic E-state index is 0.0718. The second-order valence-corrected chi connectivity index (χ2v) is 4.35. The van der Waals surface area contributed by atoms with Crippen molar-refractivity contribution in [3.63, 3.8) is 0 Å². The van der Waals surface area contributed by atoms with Gasteiger partial charge in [-0.1, -0.05) is 6.92 Å². The van der Waals surface area contributed by atoms with E-state index in [1.807, 2.05) is 29.8 Å². The van der Waals surface area contributed by atoms with Gasteiger partial charge in [0.1, 0.15) is 12.4 Å². The van der Waals surface area contributed by atoms with Crippen LogP contribution in [0.5, 0.6) is 5.75 Å². The summed E-state index contributed by atoms with van der Waals surface area (Å²) >= 11 is 0. The van der Waals surface area contributed by atoms with Crippen LogP contribution in [0.2, 0.25) is 0 Å². The summed E-state index contributed by atoms with van der Waals surface area (Å²) in [6, 6.07) is 7.25. The van der Waals surface area contributed by atoms with Gasteiger partial charge in [-0.3, -0.25) is 4.79 Å². The zero-order valence-corrected chi connectivity index (χ0v) is 10.6. The Morgan fingerprint density at radius 1 is 1.44 bits per heavy atom. The Bertz CT molecular complexity index is 559. The van der Waals surface area contributed by atoms with E-state index in [1.54, 1.807) is 19.1 Å². The molecule has 0 saturated heterocycles. The maximum Gasteiger partial charge on any atom is 0.305 e. The number of rotatable bonds is 4. The number of fused-ring (bicyclic) bond motifs is 1. The molecule has 1 atom stereocenters. The first kappa shape index (κ1) is 12.5. The average Bonchev–Trinajstić information content (AvgIpc) is 2.78. The molecule has 1 heterocycles. The highest BCUT2D eigenvalue weighted by Gasteiger charge is 2.10. The fraction of sp³-hybridized carbons (Fsp3) is 0.357. The van der Waals surface area contributed by atoms with Gasteiger partial charge >= 0.3 is 5.97 Å². The summed E-state index contributed by atoms with van der Waals surface area (Å²) in [6.07, 6.45) is 2.33. The van der Waals surface area contributed by atoms with Gasteiger partial charge in [-0.2, -0.15) is 0 Å². The van der Waals surface area contributed by atoms with Crippen molar-refractivity contribution in [1.82, 2.24) is 4.57 Å². The van der Waals surface area contributed by atoms with E-state index in [1.165, 1.54) is 0 Å². The third-order valence-corrected chi connectivity index (χ3v) is 2.95. The van der Waals surface area contributed by atoms with E-state index in [9.17, 15) is 9.90 Å². The number of aromatic nitrogens is 1. The summed E-state index contributed by atoms with van der Waals surface area (Å²) in [5.41, 5.74) is 1.02. The summed E-state index contributed by atoms with van der Waals surface area (Å²) in [5, 5.41) is 10.4. The number of carbonyl (C=O) groups is 1. The molecule has 1 aromatic carbocycles. The Hall–Kier alpha value is -1.97. The van der Waals surface area contributed by atoms with E-state index in [0.29, 0.717) is 13.0 Å². The standard InChI is InChI=1S/C14H17NO3/c1-3-14(17)18-9-10(2)15-7-6-11-8-12(16)4-5-13(11)15/h4-8,10,16H,3,9H2,1-2H3. The molecule has 1 unspecified atom stereocenters. The van der Waals surface area contributed by atoms with Gasteiger partial charge in [-0.15, -0.1) is 0 Å². The average molecular weight is 247 g/mol. The number of aromatic hydroxyl groups is 1. The zero-order valence-electron chi connectivity index (χ0n) is 10.6. The Morgan fingerprint density at radius 3 is 2.94 bits per heavy atom. The summed E-state index contributed by atoms with van der Waals surface area (Å²) in [4.78, 5) is 11.1. The van der Waals surface area contributed by atoms with Crippen LogP contribution >= 0.6 is 0 Å². The van der Waals surface area contributed by atoms with Crippen LogP contribution in [0, 0.1) is 0 Å². The Balaban J connectivity index is 2.17. The van der Waals surface area contributed by atoms with Crippen molar-refractivity contribution in [2.75, 3.05) is 6.61 Å². The molecule has 0 bridgehead atoms. The van der Waals surface area contributed by atoms with Crippen LogP contribution in [-0.2, 0) is 9.53 Å². The van der Waals surface area contributed by atoms with Crippen LogP contribution in [-0.4, -0.2) is 22.2 Å². The Morgan fingerprint density at radius 2 is 2.22 bits per heavy atom. The second-order valence-electron chi connectivity index (χ2n) is 4.35. The van der Waals surface area contributed by atoms with Crippen LogP contribution in [0.4, 0.5) is 0 Å². The number of carbonyl (C=O) groups excluding carboxylic acids is 1. The summed E-state index contributed by atoms with van der Waals surface area (Å²) in [5.74, 6) is 0.0706. The third-order valence-electron chi connectivity index (χ3n) is 2.95. The minimum Gasteiger partial charge on any atom is -0.508 e. The molecule has 0 fully saturated rings. The number of benzene rings is 1. The fourth-order valence-corrected chi connectivity index (χ4v) is 1.93. The highest BCUT2D eigenvalue weighted by molar-refractivity contribution is 5.81. The molecule has 0 aliphatic carbocycles. The van der Waals surface area contributed by atoms with Gasteiger partial charge < -0.3 is 14.4 Å². The topological polar surface area (TPSA) is 51.5 Å². The van der Waals surface area contributed by atoms with Crippen LogP contribution in [0.1, 0.15) is 26.3 Å². The van der Waals surface area contributed by atoms with E-state index < -0.39 is 0 Å². The van der Waals surface area contributed by atoms with Gasteiger partial charge in [0.2, 0.25) is 0 Å². The first-order chi connectivity index (χ1) is 8.61. The van der Waals surface area contributed by atoms with Crippen molar-refractivity contribution in [2.24, 2.45) is 0 Å². The molecule has 4 heteroatoms. The molecule has 0 aliphatic rings. The molecule has 0 saturated carbocycles. The quantitative estimate of drug-likeness (QED) is 0.845. The number of phenols is 1. The van der Waals surface area contributed by atoms with Crippen LogP contribution in [0.25, 0.3) is 10.9 Å². The smallest absolute Gasteiger partial charge is 0.305 e. The molecule has 0 radical (unpaired) electrons. The van der Waals surface area contributed by atoms with E-state index in [4.69, 9.17) is 4.74 Å². The van der Waals surface area contributed by atoms with Gasteiger partial charge in [-0.25, -0.2) is 0 Å². The molecule has 2 rings (SSSR count). The molecule has 1 aromatic heterocycles. The highest BCUT2D eigenvalue weighted by atomic mass is 16.5. The molecular weight excluding hydrogens is 230 g/mol. The lowest BCUT2D eigenvalue weighted by molar-refractivity contribution is -0.144. The van der Waals surface area contributed by atoms with Gasteiger partial charge in [-0.05, 0) is 31.2 Å². The first-order valence-electron chi connectivity index (χ1n) is 6.07. The SMILES string of the molecule is CCC(=O)OCC(C)n1ccc2cc(O)ccc21. The number of hydrogen-bond acceptors (Lipinski definition) is 3. The molecule has 0 aliphatic heterocycles. The Kier molecular flexibility index (Phi) is 3.55. The molecule has 1 N–H and O–H groups in total. The normalized spacial score (nSPS) is 12.6. The summed E-state index contributed by atoms with van der Waals surface area (Å²) in [7, 11) is 0. The molecule has 18 heavy (non-hydrogen) atoms. The van der Waals surface area contributed by atoms with Crippen LogP contribution < -0.4 is 0 Å². The van der Waals surface area contributed by atoms with E-state index >= 15 is 0 Å². The molecule has 0 spiro atoms. The lowest BCUT2D eigenvalue weighted by atomic mass is 10.2. The molecule has 2 aromatic rings.